The van der Waals surface area contributed by atoms with Crippen LogP contribution in [0.4, 0.5) is 5.69 Å². The molecule has 0 aliphatic rings. The Morgan fingerprint density at radius 3 is 2.43 bits per heavy atom. The maximum atomic E-state index is 12.0. The maximum absolute atomic E-state index is 12.0. The van der Waals surface area contributed by atoms with E-state index in [-0.39, 0.29) is 17.2 Å². The normalized spacial score (nSPS) is 10.3. The molecular formula is C14H11N5O2. The Balaban J connectivity index is 1.76. The number of H-pyrrole nitrogens is 1. The molecular weight excluding hydrogens is 270 g/mol. The molecule has 3 rings (SSSR count). The number of benzene rings is 1. The summed E-state index contributed by atoms with van der Waals surface area (Å²) in [6, 6.07) is 11.4. The van der Waals surface area contributed by atoms with Gasteiger partial charge in [-0.05, 0) is 30.3 Å². The smallest absolute Gasteiger partial charge is 0.272 e. The highest BCUT2D eigenvalue weighted by atomic mass is 16.2. The lowest BCUT2D eigenvalue weighted by atomic mass is 10.2. The third-order valence-electron chi connectivity index (χ3n) is 2.79. The van der Waals surface area contributed by atoms with Crippen LogP contribution in [0.5, 0.6) is 0 Å². The number of rotatable bonds is 3. The van der Waals surface area contributed by atoms with E-state index in [1.165, 1.54) is 16.9 Å². The van der Waals surface area contributed by atoms with E-state index in [1.807, 2.05) is 0 Å². The number of aromatic nitrogens is 4. The first kappa shape index (κ1) is 12.8. The number of hydrogen-bond donors (Lipinski definition) is 2. The molecule has 0 radical (unpaired) electrons. The number of nitrogens with zero attached hydrogens (tertiary/aromatic N) is 3. The van der Waals surface area contributed by atoms with Crippen molar-refractivity contribution in [3.63, 3.8) is 0 Å². The van der Waals surface area contributed by atoms with Crippen LogP contribution >= 0.6 is 0 Å². The molecule has 0 atom stereocenters. The fourth-order valence-corrected chi connectivity index (χ4v) is 1.81. The molecule has 0 aliphatic heterocycles. The maximum Gasteiger partial charge on any atom is 0.272 e. The van der Waals surface area contributed by atoms with Crippen LogP contribution in [-0.2, 0) is 0 Å². The molecule has 0 spiro atoms. The van der Waals surface area contributed by atoms with Crippen molar-refractivity contribution in [3.8, 4) is 5.69 Å². The first-order valence-electron chi connectivity index (χ1n) is 6.20. The zero-order chi connectivity index (χ0) is 14.7. The van der Waals surface area contributed by atoms with E-state index in [1.54, 1.807) is 42.7 Å². The van der Waals surface area contributed by atoms with Gasteiger partial charge >= 0.3 is 0 Å². The zero-order valence-corrected chi connectivity index (χ0v) is 10.9. The number of carbonyl (C=O) groups excluding carboxylic acids is 1. The molecule has 7 nitrogen and oxygen atoms in total. The fourth-order valence-electron chi connectivity index (χ4n) is 1.81. The molecule has 0 bridgehead atoms. The first-order chi connectivity index (χ1) is 10.2. The largest absolute Gasteiger partial charge is 0.321 e. The predicted octanol–water partition coefficient (Wildman–Crippen LogP) is 1.21. The molecule has 0 saturated heterocycles. The summed E-state index contributed by atoms with van der Waals surface area (Å²) in [5.41, 5.74) is 1.29. The topological polar surface area (TPSA) is 92.7 Å². The molecule has 1 aromatic carbocycles. The molecule has 2 N–H and O–H groups in total. The second-order valence-corrected chi connectivity index (χ2v) is 4.25. The highest BCUT2D eigenvalue weighted by Crippen LogP contribution is 2.12. The minimum absolute atomic E-state index is 0.209. The number of aromatic amines is 1. The number of hydrogen-bond acceptors (Lipinski definition) is 4. The summed E-state index contributed by atoms with van der Waals surface area (Å²) in [6.45, 7) is 0. The molecule has 0 fully saturated rings. The van der Waals surface area contributed by atoms with Gasteiger partial charge in [0.05, 0.1) is 18.1 Å². The highest BCUT2D eigenvalue weighted by molar-refractivity contribution is 6.02. The lowest BCUT2D eigenvalue weighted by Gasteiger charge is -2.06. The van der Waals surface area contributed by atoms with E-state index < -0.39 is 0 Å². The zero-order valence-electron chi connectivity index (χ0n) is 10.9. The van der Waals surface area contributed by atoms with E-state index in [2.05, 4.69) is 20.5 Å². The number of amides is 1. The molecule has 21 heavy (non-hydrogen) atoms. The molecule has 3 aromatic rings. The van der Waals surface area contributed by atoms with Crippen molar-refractivity contribution in [2.45, 2.75) is 0 Å². The summed E-state index contributed by atoms with van der Waals surface area (Å²) >= 11 is 0. The van der Waals surface area contributed by atoms with Crippen LogP contribution in [0, 0.1) is 0 Å². The van der Waals surface area contributed by atoms with E-state index in [4.69, 9.17) is 0 Å². The Bertz CT molecular complexity index is 806. The Kier molecular flexibility index (Phi) is 3.30. The van der Waals surface area contributed by atoms with Crippen LogP contribution in [0.15, 0.2) is 59.7 Å². The van der Waals surface area contributed by atoms with Gasteiger partial charge in [-0.1, -0.05) is 6.07 Å². The van der Waals surface area contributed by atoms with Crippen LogP contribution in [0.2, 0.25) is 0 Å². The molecule has 0 aliphatic carbocycles. The van der Waals surface area contributed by atoms with Gasteiger partial charge in [0, 0.05) is 11.8 Å². The fraction of sp³-hybridized carbons (Fsp3) is 0. The molecule has 0 saturated carbocycles. The van der Waals surface area contributed by atoms with E-state index in [9.17, 15) is 9.59 Å². The summed E-state index contributed by atoms with van der Waals surface area (Å²) in [7, 11) is 0. The third-order valence-corrected chi connectivity index (χ3v) is 2.79. The number of anilines is 1. The monoisotopic (exact) mass is 281 g/mol. The van der Waals surface area contributed by atoms with Crippen molar-refractivity contribution in [1.82, 2.24) is 20.0 Å². The second kappa shape index (κ2) is 5.41. The summed E-state index contributed by atoms with van der Waals surface area (Å²) in [6.07, 6.45) is 3.17. The van der Waals surface area contributed by atoms with Gasteiger partial charge in [0.25, 0.3) is 5.91 Å². The Labute approximate surface area is 119 Å². The van der Waals surface area contributed by atoms with Crippen LogP contribution in [0.1, 0.15) is 10.5 Å². The predicted molar refractivity (Wildman–Crippen MR) is 76.4 cm³/mol. The van der Waals surface area contributed by atoms with Gasteiger partial charge in [-0.2, -0.15) is 15.0 Å². The Morgan fingerprint density at radius 2 is 1.76 bits per heavy atom. The third kappa shape index (κ3) is 2.86. The summed E-state index contributed by atoms with van der Waals surface area (Å²) in [5.74, 6) is -0.377. The quantitative estimate of drug-likeness (QED) is 0.754. The Morgan fingerprint density at radius 1 is 1.05 bits per heavy atom. The summed E-state index contributed by atoms with van der Waals surface area (Å²) in [4.78, 5) is 27.1. The number of pyridine rings is 1. The van der Waals surface area contributed by atoms with Gasteiger partial charge < -0.3 is 10.3 Å². The van der Waals surface area contributed by atoms with Crippen LogP contribution < -0.4 is 10.9 Å². The van der Waals surface area contributed by atoms with Crippen LogP contribution in [0.25, 0.3) is 5.69 Å². The lowest BCUT2D eigenvalue weighted by molar-refractivity contribution is 0.102. The van der Waals surface area contributed by atoms with Crippen molar-refractivity contribution in [3.05, 3.63) is 70.9 Å². The number of carbonyl (C=O) groups is 1. The molecule has 2 heterocycles. The molecule has 104 valence electrons. The van der Waals surface area contributed by atoms with Gasteiger partial charge in [-0.25, -0.2) is 0 Å². The van der Waals surface area contributed by atoms with Crippen molar-refractivity contribution in [1.29, 1.82) is 0 Å². The molecule has 2 aromatic heterocycles. The summed E-state index contributed by atoms with van der Waals surface area (Å²) in [5, 5.41) is 10.7. The van der Waals surface area contributed by atoms with Gasteiger partial charge in [0.1, 0.15) is 5.69 Å². The molecule has 1 amide bonds. The average Bonchev–Trinajstić information content (AvgIpc) is 3.02. The first-order valence-corrected chi connectivity index (χ1v) is 6.20. The van der Waals surface area contributed by atoms with Crippen LogP contribution in [-0.4, -0.2) is 25.9 Å². The standard InChI is InChI=1S/C14H11N5O2/c20-13-3-1-2-12(18-13)14(21)17-10-4-6-11(7-5-10)19-15-8-9-16-19/h1-9H,(H,17,21)(H,18,20). The van der Waals surface area contributed by atoms with E-state index in [0.717, 1.165) is 5.69 Å². The molecule has 7 heteroatoms. The molecule has 0 unspecified atom stereocenters. The lowest BCUT2D eigenvalue weighted by Crippen LogP contribution is -2.17. The summed E-state index contributed by atoms with van der Waals surface area (Å²) < 4.78 is 0. The van der Waals surface area contributed by atoms with Gasteiger partial charge in [0.15, 0.2) is 0 Å². The SMILES string of the molecule is O=C(Nc1ccc(-n2nccn2)cc1)c1cccc(=O)[nH]1. The number of nitrogens with one attached hydrogen (secondary N) is 2. The van der Waals surface area contributed by atoms with Crippen molar-refractivity contribution in [2.75, 3.05) is 5.32 Å². The Hall–Kier alpha value is -3.22. The van der Waals surface area contributed by atoms with E-state index in [0.29, 0.717) is 5.69 Å². The average molecular weight is 281 g/mol. The second-order valence-electron chi connectivity index (χ2n) is 4.25. The highest BCUT2D eigenvalue weighted by Gasteiger charge is 2.07. The van der Waals surface area contributed by atoms with Gasteiger partial charge in [-0.3, -0.25) is 9.59 Å². The van der Waals surface area contributed by atoms with Crippen LogP contribution in [0.3, 0.4) is 0 Å². The van der Waals surface area contributed by atoms with Crippen molar-refractivity contribution < 1.29 is 4.79 Å². The minimum Gasteiger partial charge on any atom is -0.321 e. The minimum atomic E-state index is -0.377. The van der Waals surface area contributed by atoms with Crippen molar-refractivity contribution in [2.24, 2.45) is 0 Å². The van der Waals surface area contributed by atoms with Crippen molar-refractivity contribution >= 4 is 11.6 Å². The van der Waals surface area contributed by atoms with Gasteiger partial charge in [0.2, 0.25) is 5.56 Å². The van der Waals surface area contributed by atoms with E-state index >= 15 is 0 Å². The van der Waals surface area contributed by atoms with Gasteiger partial charge in [-0.15, -0.1) is 0 Å².